The van der Waals surface area contributed by atoms with Gasteiger partial charge in [-0.25, -0.2) is 4.79 Å². The van der Waals surface area contributed by atoms with Crippen molar-refractivity contribution in [2.75, 3.05) is 7.11 Å². The minimum absolute atomic E-state index is 0.00161. The Morgan fingerprint density at radius 2 is 1.94 bits per heavy atom. The Morgan fingerprint density at radius 3 is 2.28 bits per heavy atom. The lowest BCUT2D eigenvalue weighted by atomic mass is 9.58. The summed E-state index contributed by atoms with van der Waals surface area (Å²) in [5, 5.41) is 2.78. The Bertz CT molecular complexity index is 339. The fourth-order valence-electron chi connectivity index (χ4n) is 2.28. The third kappa shape index (κ3) is 2.66. The van der Waals surface area contributed by atoms with Crippen LogP contribution in [0, 0.1) is 17.3 Å². The van der Waals surface area contributed by atoms with E-state index in [2.05, 4.69) is 5.32 Å². The number of ether oxygens (including phenoxy) is 1. The Morgan fingerprint density at radius 1 is 1.39 bits per heavy atom. The molecule has 0 spiro atoms. The van der Waals surface area contributed by atoms with Crippen molar-refractivity contribution < 1.29 is 14.3 Å². The maximum Gasteiger partial charge on any atom is 0.328 e. The van der Waals surface area contributed by atoms with Crippen LogP contribution in [0.15, 0.2) is 0 Å². The van der Waals surface area contributed by atoms with E-state index in [1.807, 2.05) is 27.7 Å². The van der Waals surface area contributed by atoms with Crippen LogP contribution in [0.2, 0.25) is 0 Å². The summed E-state index contributed by atoms with van der Waals surface area (Å²) in [6.07, 6.45) is 0.671. The van der Waals surface area contributed by atoms with Gasteiger partial charge in [0.25, 0.3) is 0 Å². The van der Waals surface area contributed by atoms with Gasteiger partial charge in [-0.15, -0.1) is 0 Å². The van der Waals surface area contributed by atoms with Crippen molar-refractivity contribution in [3.8, 4) is 0 Å². The van der Waals surface area contributed by atoms with Gasteiger partial charge in [0.1, 0.15) is 6.04 Å². The number of rotatable bonds is 4. The molecule has 3 unspecified atom stereocenters. The van der Waals surface area contributed by atoms with Crippen molar-refractivity contribution in [1.82, 2.24) is 5.32 Å². The first-order valence-corrected chi connectivity index (χ1v) is 6.35. The summed E-state index contributed by atoms with van der Waals surface area (Å²) >= 11 is 0. The molecule has 5 heteroatoms. The summed E-state index contributed by atoms with van der Waals surface area (Å²) in [5.74, 6) is -0.637. The number of carbonyl (C=O) groups excluding carboxylic acids is 2. The predicted molar refractivity (Wildman–Crippen MR) is 68.6 cm³/mol. The third-order valence-corrected chi connectivity index (χ3v) is 4.08. The van der Waals surface area contributed by atoms with E-state index < -0.39 is 12.0 Å². The first-order chi connectivity index (χ1) is 8.21. The standard InChI is InChI=1S/C13H24N2O3/c1-7(2)10(12(17)18-5)15-11(16)8-6-9(14)13(8,3)4/h7-10H,6,14H2,1-5H3,(H,15,16). The Kier molecular flexibility index (Phi) is 4.37. The molecule has 1 aliphatic carbocycles. The SMILES string of the molecule is COC(=O)C(NC(=O)C1CC(N)C1(C)C)C(C)C. The zero-order chi connectivity index (χ0) is 14.1. The van der Waals surface area contributed by atoms with E-state index in [9.17, 15) is 9.59 Å². The molecule has 0 bridgehead atoms. The van der Waals surface area contributed by atoms with Crippen molar-refractivity contribution in [2.24, 2.45) is 23.0 Å². The first kappa shape index (κ1) is 15.0. The van der Waals surface area contributed by atoms with Gasteiger partial charge in [-0.05, 0) is 17.8 Å². The maximum atomic E-state index is 12.1. The number of carbonyl (C=O) groups is 2. The minimum Gasteiger partial charge on any atom is -0.467 e. The number of methoxy groups -OCH3 is 1. The second kappa shape index (κ2) is 5.26. The van der Waals surface area contributed by atoms with Gasteiger partial charge in [-0.2, -0.15) is 0 Å². The summed E-state index contributed by atoms with van der Waals surface area (Å²) in [4.78, 5) is 23.7. The minimum atomic E-state index is -0.588. The zero-order valence-electron chi connectivity index (χ0n) is 11.8. The molecular formula is C13H24N2O3. The number of hydrogen-bond acceptors (Lipinski definition) is 4. The van der Waals surface area contributed by atoms with Crippen LogP contribution in [-0.2, 0) is 14.3 Å². The quantitative estimate of drug-likeness (QED) is 0.724. The second-order valence-corrected chi connectivity index (χ2v) is 5.97. The van der Waals surface area contributed by atoms with Crippen LogP contribution in [0.4, 0.5) is 0 Å². The zero-order valence-corrected chi connectivity index (χ0v) is 11.8. The lowest BCUT2D eigenvalue weighted by Gasteiger charge is -2.49. The van der Waals surface area contributed by atoms with E-state index in [4.69, 9.17) is 10.5 Å². The highest BCUT2D eigenvalue weighted by Gasteiger charge is 2.50. The van der Waals surface area contributed by atoms with Crippen molar-refractivity contribution in [3.63, 3.8) is 0 Å². The van der Waals surface area contributed by atoms with Gasteiger partial charge < -0.3 is 15.8 Å². The van der Waals surface area contributed by atoms with Crippen molar-refractivity contribution >= 4 is 11.9 Å². The highest BCUT2D eigenvalue weighted by atomic mass is 16.5. The molecule has 104 valence electrons. The molecule has 5 nitrogen and oxygen atoms in total. The highest BCUT2D eigenvalue weighted by Crippen LogP contribution is 2.45. The largest absolute Gasteiger partial charge is 0.467 e. The molecule has 1 saturated carbocycles. The number of nitrogens with two attached hydrogens (primary N) is 1. The molecule has 1 rings (SSSR count). The molecule has 0 saturated heterocycles. The molecule has 0 aromatic rings. The molecule has 0 radical (unpaired) electrons. The number of amides is 1. The molecular weight excluding hydrogens is 232 g/mol. The molecule has 1 amide bonds. The Labute approximate surface area is 108 Å². The molecule has 0 aromatic carbocycles. The van der Waals surface area contributed by atoms with Crippen molar-refractivity contribution in [1.29, 1.82) is 0 Å². The van der Waals surface area contributed by atoms with Crippen LogP contribution in [0.5, 0.6) is 0 Å². The molecule has 3 N–H and O–H groups in total. The lowest BCUT2D eigenvalue weighted by molar-refractivity contribution is -0.149. The summed E-state index contributed by atoms with van der Waals surface area (Å²) in [5.41, 5.74) is 5.68. The Hall–Kier alpha value is -1.10. The lowest BCUT2D eigenvalue weighted by Crippen LogP contribution is -2.61. The first-order valence-electron chi connectivity index (χ1n) is 6.35. The van der Waals surface area contributed by atoms with E-state index in [1.54, 1.807) is 0 Å². The molecule has 0 heterocycles. The topological polar surface area (TPSA) is 81.4 Å². The molecule has 0 aliphatic heterocycles. The van der Waals surface area contributed by atoms with E-state index >= 15 is 0 Å². The van der Waals surface area contributed by atoms with E-state index in [0.717, 1.165) is 0 Å². The van der Waals surface area contributed by atoms with Crippen LogP contribution >= 0.6 is 0 Å². The van der Waals surface area contributed by atoms with Gasteiger partial charge in [-0.1, -0.05) is 27.7 Å². The van der Waals surface area contributed by atoms with Gasteiger partial charge in [-0.3, -0.25) is 4.79 Å². The van der Waals surface area contributed by atoms with Crippen LogP contribution < -0.4 is 11.1 Å². The van der Waals surface area contributed by atoms with Gasteiger partial charge in [0.05, 0.1) is 7.11 Å². The number of nitrogens with one attached hydrogen (secondary N) is 1. The summed E-state index contributed by atoms with van der Waals surface area (Å²) in [6.45, 7) is 7.71. The normalized spacial score (nSPS) is 27.3. The average Bonchev–Trinajstić information content (AvgIpc) is 2.31. The molecule has 1 fully saturated rings. The smallest absolute Gasteiger partial charge is 0.328 e. The van der Waals surface area contributed by atoms with E-state index in [0.29, 0.717) is 6.42 Å². The monoisotopic (exact) mass is 256 g/mol. The fraction of sp³-hybridized carbons (Fsp3) is 0.846. The average molecular weight is 256 g/mol. The molecule has 3 atom stereocenters. The van der Waals surface area contributed by atoms with Crippen LogP contribution in [-0.4, -0.2) is 31.1 Å². The van der Waals surface area contributed by atoms with Crippen LogP contribution in [0.1, 0.15) is 34.1 Å². The fourth-order valence-corrected chi connectivity index (χ4v) is 2.28. The molecule has 18 heavy (non-hydrogen) atoms. The van der Waals surface area contributed by atoms with Crippen LogP contribution in [0.3, 0.4) is 0 Å². The van der Waals surface area contributed by atoms with E-state index in [1.165, 1.54) is 7.11 Å². The highest BCUT2D eigenvalue weighted by molar-refractivity contribution is 5.87. The summed E-state index contributed by atoms with van der Waals surface area (Å²) in [7, 11) is 1.33. The van der Waals surface area contributed by atoms with Crippen molar-refractivity contribution in [2.45, 2.75) is 46.2 Å². The van der Waals surface area contributed by atoms with Crippen LogP contribution in [0.25, 0.3) is 0 Å². The third-order valence-electron chi connectivity index (χ3n) is 4.08. The van der Waals surface area contributed by atoms with Gasteiger partial charge >= 0.3 is 5.97 Å². The maximum absolute atomic E-state index is 12.1. The summed E-state index contributed by atoms with van der Waals surface area (Å²) < 4.78 is 4.70. The summed E-state index contributed by atoms with van der Waals surface area (Å²) in [6, 6.07) is -0.543. The van der Waals surface area contributed by atoms with Gasteiger partial charge in [0, 0.05) is 12.0 Å². The molecule has 1 aliphatic rings. The number of esters is 1. The number of hydrogen-bond donors (Lipinski definition) is 2. The predicted octanol–water partition coefficient (Wildman–Crippen LogP) is 0.674. The van der Waals surface area contributed by atoms with Gasteiger partial charge in [0.2, 0.25) is 5.91 Å². The molecule has 0 aromatic heterocycles. The van der Waals surface area contributed by atoms with Gasteiger partial charge in [0.15, 0.2) is 0 Å². The Balaban J connectivity index is 2.66. The van der Waals surface area contributed by atoms with E-state index in [-0.39, 0.29) is 29.2 Å². The second-order valence-electron chi connectivity index (χ2n) is 5.97. The van der Waals surface area contributed by atoms with Crippen molar-refractivity contribution in [3.05, 3.63) is 0 Å².